The third kappa shape index (κ3) is 2.73. The third-order valence-corrected chi connectivity index (χ3v) is 8.54. The second-order valence-electron chi connectivity index (χ2n) is 10.6. The molecule has 0 radical (unpaired) electrons. The zero-order valence-corrected chi connectivity index (χ0v) is 17.3. The number of ether oxygens (including phenoxy) is 1. The topological polar surface area (TPSA) is 53.3 Å². The van der Waals surface area contributed by atoms with Crippen molar-refractivity contribution in [2.24, 2.45) is 17.3 Å². The molecule has 152 valence electrons. The van der Waals surface area contributed by atoms with Gasteiger partial charge in [-0.15, -0.1) is 0 Å². The lowest BCUT2D eigenvalue weighted by atomic mass is 9.56. The van der Waals surface area contributed by atoms with Crippen molar-refractivity contribution in [2.75, 3.05) is 6.61 Å². The third-order valence-electron chi connectivity index (χ3n) is 8.54. The predicted octanol–water partition coefficient (Wildman–Crippen LogP) is 4.75. The average Bonchev–Trinajstić information content (AvgIpc) is 3.45. The van der Waals surface area contributed by atoms with Gasteiger partial charge >= 0.3 is 0 Å². The molecule has 3 aliphatic heterocycles. The Morgan fingerprint density at radius 1 is 1.28 bits per heavy atom. The van der Waals surface area contributed by atoms with Crippen LogP contribution in [0.15, 0.2) is 18.2 Å². The van der Waals surface area contributed by atoms with Crippen LogP contribution in [0.4, 0.5) is 0 Å². The molecular weight excluding hydrogens is 360 g/mol. The summed E-state index contributed by atoms with van der Waals surface area (Å²) in [6, 6.07) is 9.72. The van der Waals surface area contributed by atoms with Crippen LogP contribution in [0.3, 0.4) is 0 Å². The molecule has 4 heteroatoms. The summed E-state index contributed by atoms with van der Waals surface area (Å²) in [4.78, 5) is 15.7. The van der Waals surface area contributed by atoms with Gasteiger partial charge in [-0.25, -0.2) is 0 Å². The summed E-state index contributed by atoms with van der Waals surface area (Å²) in [7, 11) is 0. The normalized spacial score (nSPS) is 37.7. The number of carbonyl (C=O) groups is 1. The smallest absolute Gasteiger partial charge is 0.223 e. The Morgan fingerprint density at radius 2 is 2.03 bits per heavy atom. The lowest BCUT2D eigenvalue weighted by Crippen LogP contribution is -2.63. The molecule has 1 aromatic rings. The van der Waals surface area contributed by atoms with E-state index in [4.69, 9.17) is 4.74 Å². The Morgan fingerprint density at radius 3 is 2.72 bits per heavy atom. The maximum absolute atomic E-state index is 13.4. The van der Waals surface area contributed by atoms with E-state index < -0.39 is 0 Å². The van der Waals surface area contributed by atoms with E-state index in [-0.39, 0.29) is 11.3 Å². The molecule has 3 heterocycles. The Balaban J connectivity index is 1.20. The van der Waals surface area contributed by atoms with Gasteiger partial charge in [-0.05, 0) is 74.3 Å². The van der Waals surface area contributed by atoms with Crippen LogP contribution in [0.5, 0.6) is 5.75 Å². The number of fused-ring (bicyclic) bond motifs is 1. The van der Waals surface area contributed by atoms with Crippen molar-refractivity contribution in [3.8, 4) is 11.8 Å². The molecule has 1 amide bonds. The second kappa shape index (κ2) is 6.24. The molecule has 0 spiro atoms. The van der Waals surface area contributed by atoms with Gasteiger partial charge in [0.15, 0.2) is 0 Å². The van der Waals surface area contributed by atoms with E-state index >= 15 is 0 Å². The molecule has 4 nitrogen and oxygen atoms in total. The largest absolute Gasteiger partial charge is 0.493 e. The molecule has 29 heavy (non-hydrogen) atoms. The van der Waals surface area contributed by atoms with Crippen LogP contribution in [0.2, 0.25) is 0 Å². The molecule has 4 bridgehead atoms. The summed E-state index contributed by atoms with van der Waals surface area (Å²) in [6.45, 7) is 2.94. The molecular formula is C25H30N2O2. The molecule has 2 saturated heterocycles. The van der Waals surface area contributed by atoms with Crippen LogP contribution in [-0.2, 0) is 4.79 Å². The quantitative estimate of drug-likeness (QED) is 0.745. The predicted molar refractivity (Wildman–Crippen MR) is 109 cm³/mol. The van der Waals surface area contributed by atoms with Gasteiger partial charge in [-0.3, -0.25) is 4.79 Å². The van der Waals surface area contributed by atoms with Crippen molar-refractivity contribution in [3.63, 3.8) is 0 Å². The van der Waals surface area contributed by atoms with Crippen LogP contribution < -0.4 is 4.74 Å². The highest BCUT2D eigenvalue weighted by Crippen LogP contribution is 2.56. The minimum atomic E-state index is -0.143. The van der Waals surface area contributed by atoms with Gasteiger partial charge < -0.3 is 9.64 Å². The Hall–Kier alpha value is -2.02. The van der Waals surface area contributed by atoms with Crippen molar-refractivity contribution in [1.82, 2.24) is 4.90 Å². The van der Waals surface area contributed by atoms with Crippen LogP contribution in [0, 0.1) is 28.6 Å². The first kappa shape index (κ1) is 17.8. The number of hydrogen-bond donors (Lipinski definition) is 0. The van der Waals surface area contributed by atoms with Crippen molar-refractivity contribution in [2.45, 2.75) is 82.2 Å². The summed E-state index contributed by atoms with van der Waals surface area (Å²) in [5.41, 5.74) is 2.71. The Labute approximate surface area is 173 Å². The van der Waals surface area contributed by atoms with E-state index in [9.17, 15) is 10.1 Å². The fourth-order valence-electron chi connectivity index (χ4n) is 7.24. The minimum absolute atomic E-state index is 0.143. The number of piperidine rings is 2. The van der Waals surface area contributed by atoms with Crippen LogP contribution >= 0.6 is 0 Å². The highest BCUT2D eigenvalue weighted by Gasteiger charge is 2.56. The number of nitrogens with zero attached hydrogens (tertiary/aromatic N) is 2. The lowest BCUT2D eigenvalue weighted by molar-refractivity contribution is -0.154. The van der Waals surface area contributed by atoms with Crippen molar-refractivity contribution < 1.29 is 9.53 Å². The van der Waals surface area contributed by atoms with Crippen molar-refractivity contribution in [3.05, 3.63) is 29.3 Å². The zero-order chi connectivity index (χ0) is 19.8. The maximum atomic E-state index is 13.4. The van der Waals surface area contributed by atoms with Gasteiger partial charge in [0.05, 0.1) is 18.1 Å². The molecule has 4 atom stereocenters. The van der Waals surface area contributed by atoms with Crippen LogP contribution in [0.1, 0.15) is 81.3 Å². The molecule has 3 saturated carbocycles. The van der Waals surface area contributed by atoms with Crippen molar-refractivity contribution in [1.29, 1.82) is 5.26 Å². The molecule has 7 rings (SSSR count). The molecule has 1 aromatic carbocycles. The first-order chi connectivity index (χ1) is 14.1. The summed E-state index contributed by atoms with van der Waals surface area (Å²) < 4.78 is 6.04. The van der Waals surface area contributed by atoms with Gasteiger partial charge in [0.25, 0.3) is 0 Å². The summed E-state index contributed by atoms with van der Waals surface area (Å²) >= 11 is 0. The highest BCUT2D eigenvalue weighted by molar-refractivity contribution is 5.78. The SMILES string of the molecule is CC(CC(=O)N1C2CC3CC1CC(C#N)(C3)C2)C1COc2cccc(C3CC3)c21. The fourth-order valence-corrected chi connectivity index (χ4v) is 7.24. The Bertz CT molecular complexity index is 883. The first-order valence-corrected chi connectivity index (χ1v) is 11.5. The van der Waals surface area contributed by atoms with E-state index in [0.717, 1.165) is 37.9 Å². The summed E-state index contributed by atoms with van der Waals surface area (Å²) in [5, 5.41) is 9.75. The fraction of sp³-hybridized carbons (Fsp3) is 0.680. The maximum Gasteiger partial charge on any atom is 0.223 e. The second-order valence-corrected chi connectivity index (χ2v) is 10.6. The molecule has 5 fully saturated rings. The van der Waals surface area contributed by atoms with Crippen LogP contribution in [0.25, 0.3) is 0 Å². The number of amides is 1. The van der Waals surface area contributed by atoms with Gasteiger partial charge in [-0.2, -0.15) is 5.26 Å². The van der Waals surface area contributed by atoms with Gasteiger partial charge in [0, 0.05) is 30.0 Å². The summed E-state index contributed by atoms with van der Waals surface area (Å²) in [5.74, 6) is 3.33. The molecule has 4 unspecified atom stereocenters. The standard InChI is InChI=1S/C25H30N2O2/c1-15(21-13-29-22-4-2-3-20(24(21)22)17-5-6-17)7-23(28)27-18-8-16-9-19(27)12-25(10-16,11-18)14-26/h2-4,15-19,21H,5-13H2,1H3. The monoisotopic (exact) mass is 390 g/mol. The van der Waals surface area contributed by atoms with E-state index in [1.54, 1.807) is 0 Å². The highest BCUT2D eigenvalue weighted by atomic mass is 16.5. The number of rotatable bonds is 4. The molecule has 0 N–H and O–H groups in total. The van der Waals surface area contributed by atoms with E-state index in [2.05, 4.69) is 36.1 Å². The van der Waals surface area contributed by atoms with E-state index in [1.165, 1.54) is 24.0 Å². The molecule has 3 aliphatic carbocycles. The zero-order valence-electron chi connectivity index (χ0n) is 17.3. The van der Waals surface area contributed by atoms with Crippen molar-refractivity contribution >= 4 is 5.91 Å². The number of hydrogen-bond acceptors (Lipinski definition) is 3. The summed E-state index contributed by atoms with van der Waals surface area (Å²) in [6.07, 6.45) is 8.27. The van der Waals surface area contributed by atoms with E-state index in [0.29, 0.717) is 48.8 Å². The Kier molecular flexibility index (Phi) is 3.83. The molecule has 0 aromatic heterocycles. The molecule has 6 aliphatic rings. The number of carbonyl (C=O) groups excluding carboxylic acids is 1. The number of benzene rings is 1. The van der Waals surface area contributed by atoms with Crippen LogP contribution in [-0.4, -0.2) is 29.5 Å². The first-order valence-electron chi connectivity index (χ1n) is 11.5. The lowest BCUT2D eigenvalue weighted by Gasteiger charge is -2.59. The van der Waals surface area contributed by atoms with Gasteiger partial charge in [0.1, 0.15) is 5.75 Å². The average molecular weight is 391 g/mol. The minimum Gasteiger partial charge on any atom is -0.493 e. The van der Waals surface area contributed by atoms with Gasteiger partial charge in [-0.1, -0.05) is 19.1 Å². The van der Waals surface area contributed by atoms with E-state index in [1.807, 2.05) is 0 Å². The van der Waals surface area contributed by atoms with Gasteiger partial charge in [0.2, 0.25) is 5.91 Å². The number of nitriles is 1.